The van der Waals surface area contributed by atoms with E-state index in [1.54, 1.807) is 0 Å². The van der Waals surface area contributed by atoms with Gasteiger partial charge in [-0.15, -0.1) is 0 Å². The van der Waals surface area contributed by atoms with Crippen molar-refractivity contribution in [2.75, 3.05) is 13.1 Å². The molecule has 0 radical (unpaired) electrons. The second-order valence-electron chi connectivity index (χ2n) is 1.84. The molecule has 2 heteroatoms. The molecule has 0 atom stereocenters. The van der Waals surface area contributed by atoms with Crippen molar-refractivity contribution < 1.29 is 0 Å². The summed E-state index contributed by atoms with van der Waals surface area (Å²) in [6, 6.07) is 0. The van der Waals surface area contributed by atoms with Crippen molar-refractivity contribution in [3.63, 3.8) is 0 Å². The zero-order chi connectivity index (χ0) is 8.41. The van der Waals surface area contributed by atoms with Crippen molar-refractivity contribution >= 4 is 0 Å². The maximum atomic E-state index is 3.24. The Balaban J connectivity index is 0. The van der Waals surface area contributed by atoms with E-state index in [1.165, 1.54) is 0 Å². The highest BCUT2D eigenvalue weighted by molar-refractivity contribution is 4.52. The fourth-order valence-electron chi connectivity index (χ4n) is 0.685. The normalized spacial score (nSPS) is 9.00. The molecule has 0 saturated carbocycles. The Morgan fingerprint density at radius 3 is 1.50 bits per heavy atom. The zero-order valence-electron chi connectivity index (χ0n) is 7.99. The minimum atomic E-state index is 0.463. The quantitative estimate of drug-likeness (QED) is 0.588. The van der Waals surface area contributed by atoms with E-state index in [9.17, 15) is 0 Å². The molecule has 0 fully saturated rings. The minimum Gasteiger partial charge on any atom is -0.302 e. The monoisotopic (exact) mass is 146 g/mol. The van der Waals surface area contributed by atoms with Gasteiger partial charge in [0, 0.05) is 0 Å². The summed E-state index contributed by atoms with van der Waals surface area (Å²) in [5.74, 6) is 0. The predicted octanol–water partition coefficient (Wildman–Crippen LogP) is 1.58. The minimum absolute atomic E-state index is 0.463. The lowest BCUT2D eigenvalue weighted by atomic mass is 10.5. The highest BCUT2D eigenvalue weighted by Gasteiger charge is 1.91. The van der Waals surface area contributed by atoms with E-state index < -0.39 is 0 Å². The average Bonchev–Trinajstić information content (AvgIpc) is 1.93. The van der Waals surface area contributed by atoms with Gasteiger partial charge in [0.25, 0.3) is 0 Å². The number of rotatable bonds is 4. The lowest BCUT2D eigenvalue weighted by Crippen LogP contribution is -2.39. The molecule has 64 valence electrons. The van der Waals surface area contributed by atoms with E-state index in [2.05, 4.69) is 31.4 Å². The average molecular weight is 146 g/mol. The topological polar surface area (TPSA) is 24.1 Å². The van der Waals surface area contributed by atoms with Gasteiger partial charge in [0.05, 0.1) is 6.17 Å². The van der Waals surface area contributed by atoms with Crippen LogP contribution in [0.5, 0.6) is 0 Å². The van der Waals surface area contributed by atoms with Crippen molar-refractivity contribution in [3.05, 3.63) is 0 Å². The number of nitrogens with one attached hydrogen (secondary N) is 2. The molecule has 0 spiro atoms. The van der Waals surface area contributed by atoms with Crippen LogP contribution < -0.4 is 10.6 Å². The van der Waals surface area contributed by atoms with Gasteiger partial charge in [-0.1, -0.05) is 27.7 Å². The summed E-state index contributed by atoms with van der Waals surface area (Å²) in [6.45, 7) is 12.4. The highest BCUT2D eigenvalue weighted by Crippen LogP contribution is 1.70. The molecule has 0 aliphatic carbocycles. The van der Waals surface area contributed by atoms with Gasteiger partial charge in [0.15, 0.2) is 0 Å². The first kappa shape index (κ1) is 12.6. The Bertz CT molecular complexity index is 40.5. The third kappa shape index (κ3) is 10.8. The standard InChI is InChI=1S/C6H16N2.C2H6/c1-4-7-6(3)8-5-2;1-2/h6-8H,4-5H2,1-3H3;1-2H3. The molecule has 0 bridgehead atoms. The van der Waals surface area contributed by atoms with Crippen LogP contribution in [-0.4, -0.2) is 19.3 Å². The summed E-state index contributed by atoms with van der Waals surface area (Å²) in [6.07, 6.45) is 0.463. The van der Waals surface area contributed by atoms with Crippen molar-refractivity contribution in [1.82, 2.24) is 10.6 Å². The highest BCUT2D eigenvalue weighted by atomic mass is 15.1. The predicted molar refractivity (Wildman–Crippen MR) is 48.2 cm³/mol. The van der Waals surface area contributed by atoms with E-state index in [1.807, 2.05) is 13.8 Å². The second-order valence-corrected chi connectivity index (χ2v) is 1.84. The smallest absolute Gasteiger partial charge is 0.0542 e. The summed E-state index contributed by atoms with van der Waals surface area (Å²) < 4.78 is 0. The molecular formula is C8H22N2. The lowest BCUT2D eigenvalue weighted by Gasteiger charge is -2.11. The van der Waals surface area contributed by atoms with E-state index in [-0.39, 0.29) is 0 Å². The fraction of sp³-hybridized carbons (Fsp3) is 1.00. The molecule has 0 amide bonds. The first-order chi connectivity index (χ1) is 4.81. The first-order valence-corrected chi connectivity index (χ1v) is 4.28. The van der Waals surface area contributed by atoms with Crippen LogP contribution in [0.4, 0.5) is 0 Å². The van der Waals surface area contributed by atoms with Gasteiger partial charge < -0.3 is 10.6 Å². The van der Waals surface area contributed by atoms with Gasteiger partial charge in [-0.3, -0.25) is 0 Å². The summed E-state index contributed by atoms with van der Waals surface area (Å²) in [5, 5.41) is 6.47. The molecule has 0 rings (SSSR count). The molecule has 0 saturated heterocycles. The third-order valence-electron chi connectivity index (χ3n) is 1.02. The van der Waals surface area contributed by atoms with Gasteiger partial charge in [0.2, 0.25) is 0 Å². The van der Waals surface area contributed by atoms with Gasteiger partial charge in [-0.2, -0.15) is 0 Å². The van der Waals surface area contributed by atoms with Crippen LogP contribution in [0.2, 0.25) is 0 Å². The Morgan fingerprint density at radius 2 is 1.30 bits per heavy atom. The first-order valence-electron chi connectivity index (χ1n) is 4.28. The molecule has 0 aromatic heterocycles. The molecule has 0 aliphatic rings. The summed E-state index contributed by atoms with van der Waals surface area (Å²) in [7, 11) is 0. The Morgan fingerprint density at radius 1 is 1.00 bits per heavy atom. The molecule has 0 aromatic rings. The maximum absolute atomic E-state index is 3.24. The van der Waals surface area contributed by atoms with Gasteiger partial charge in [-0.25, -0.2) is 0 Å². The van der Waals surface area contributed by atoms with Crippen molar-refractivity contribution in [2.24, 2.45) is 0 Å². The van der Waals surface area contributed by atoms with E-state index in [0.29, 0.717) is 6.17 Å². The summed E-state index contributed by atoms with van der Waals surface area (Å²) >= 11 is 0. The van der Waals surface area contributed by atoms with Crippen molar-refractivity contribution in [3.8, 4) is 0 Å². The van der Waals surface area contributed by atoms with Crippen LogP contribution in [0.3, 0.4) is 0 Å². The Hall–Kier alpha value is -0.0800. The zero-order valence-corrected chi connectivity index (χ0v) is 7.99. The van der Waals surface area contributed by atoms with Crippen molar-refractivity contribution in [2.45, 2.75) is 40.8 Å². The summed E-state index contributed by atoms with van der Waals surface area (Å²) in [4.78, 5) is 0. The SMILES string of the molecule is CC.CCNC(C)NCC. The second kappa shape index (κ2) is 11.7. The van der Waals surface area contributed by atoms with E-state index in [4.69, 9.17) is 0 Å². The molecule has 0 aromatic carbocycles. The van der Waals surface area contributed by atoms with Crippen LogP contribution in [0, 0.1) is 0 Å². The molecule has 0 aliphatic heterocycles. The van der Waals surface area contributed by atoms with Crippen LogP contribution in [0.25, 0.3) is 0 Å². The van der Waals surface area contributed by atoms with E-state index in [0.717, 1.165) is 13.1 Å². The fourth-order valence-corrected chi connectivity index (χ4v) is 0.685. The molecular weight excluding hydrogens is 124 g/mol. The van der Waals surface area contributed by atoms with Crippen LogP contribution >= 0.6 is 0 Å². The maximum Gasteiger partial charge on any atom is 0.0542 e. The molecule has 10 heavy (non-hydrogen) atoms. The van der Waals surface area contributed by atoms with Gasteiger partial charge >= 0.3 is 0 Å². The molecule has 0 heterocycles. The van der Waals surface area contributed by atoms with Gasteiger partial charge in [0.1, 0.15) is 0 Å². The Labute approximate surface area is 65.4 Å². The third-order valence-corrected chi connectivity index (χ3v) is 1.02. The number of hydrogen-bond donors (Lipinski definition) is 2. The van der Waals surface area contributed by atoms with Crippen LogP contribution in [0.1, 0.15) is 34.6 Å². The molecule has 2 N–H and O–H groups in total. The Kier molecular flexibility index (Phi) is 14.7. The summed E-state index contributed by atoms with van der Waals surface area (Å²) in [5.41, 5.74) is 0. The van der Waals surface area contributed by atoms with Crippen molar-refractivity contribution in [1.29, 1.82) is 0 Å². The van der Waals surface area contributed by atoms with E-state index >= 15 is 0 Å². The lowest BCUT2D eigenvalue weighted by molar-refractivity contribution is 0.478. The van der Waals surface area contributed by atoms with Crippen LogP contribution in [-0.2, 0) is 0 Å². The molecule has 0 unspecified atom stereocenters. The largest absolute Gasteiger partial charge is 0.302 e. The number of hydrogen-bond acceptors (Lipinski definition) is 2. The van der Waals surface area contributed by atoms with Crippen LogP contribution in [0.15, 0.2) is 0 Å². The molecule has 2 nitrogen and oxygen atoms in total. The van der Waals surface area contributed by atoms with Gasteiger partial charge in [-0.05, 0) is 20.0 Å².